The standard InChI is InChI=1S/C21H28N6O8/c22-12(8-28)18(31)27-16(9-29)20(33)25-14(6-17(23)30)19(32)26-15(21(34)35)5-10-7-24-13-4-2-1-3-11(10)13/h1-4,7,12,14-16,24,28-29H,5-6,8-9,22H2,(H2,23,30)(H,25,33)(H,26,32)(H,27,31)(H,34,35). The molecule has 14 heteroatoms. The number of H-pyrrole nitrogens is 1. The van der Waals surface area contributed by atoms with Gasteiger partial charge < -0.3 is 47.7 Å². The Morgan fingerprint density at radius 3 is 2.09 bits per heavy atom. The van der Waals surface area contributed by atoms with Crippen molar-refractivity contribution in [1.29, 1.82) is 0 Å². The number of aliphatic hydroxyl groups is 2. The molecule has 4 amide bonds. The van der Waals surface area contributed by atoms with Gasteiger partial charge in [-0.2, -0.15) is 0 Å². The average molecular weight is 492 g/mol. The molecule has 2 aromatic rings. The van der Waals surface area contributed by atoms with Gasteiger partial charge in [0.1, 0.15) is 24.2 Å². The number of aromatic amines is 1. The number of carbonyl (C=O) groups excluding carboxylic acids is 4. The van der Waals surface area contributed by atoms with Crippen molar-refractivity contribution in [2.45, 2.75) is 37.0 Å². The Kier molecular flexibility index (Phi) is 9.69. The number of carbonyl (C=O) groups is 5. The van der Waals surface area contributed by atoms with Crippen molar-refractivity contribution in [1.82, 2.24) is 20.9 Å². The Labute approximate surface area is 199 Å². The fraction of sp³-hybridized carbons (Fsp3) is 0.381. The lowest BCUT2D eigenvalue weighted by atomic mass is 10.0. The molecule has 1 heterocycles. The molecule has 0 spiro atoms. The van der Waals surface area contributed by atoms with Gasteiger partial charge in [0.05, 0.1) is 19.6 Å². The molecule has 14 nitrogen and oxygen atoms in total. The van der Waals surface area contributed by atoms with Crippen LogP contribution in [0, 0.1) is 0 Å². The van der Waals surface area contributed by atoms with Gasteiger partial charge in [-0.3, -0.25) is 19.2 Å². The third-order valence-electron chi connectivity index (χ3n) is 5.10. The van der Waals surface area contributed by atoms with Crippen molar-refractivity contribution in [3.63, 3.8) is 0 Å². The number of nitrogens with two attached hydrogens (primary N) is 2. The van der Waals surface area contributed by atoms with E-state index in [1.807, 2.05) is 0 Å². The number of aliphatic hydroxyl groups excluding tert-OH is 2. The maximum Gasteiger partial charge on any atom is 0.326 e. The Balaban J connectivity index is 2.14. The van der Waals surface area contributed by atoms with Crippen LogP contribution in [0.15, 0.2) is 30.5 Å². The second kappa shape index (κ2) is 12.5. The number of fused-ring (bicyclic) bond motifs is 1. The largest absolute Gasteiger partial charge is 0.480 e. The van der Waals surface area contributed by atoms with E-state index in [4.69, 9.17) is 16.6 Å². The van der Waals surface area contributed by atoms with E-state index in [1.54, 1.807) is 30.5 Å². The van der Waals surface area contributed by atoms with Crippen molar-refractivity contribution in [3.05, 3.63) is 36.0 Å². The van der Waals surface area contributed by atoms with Crippen LogP contribution in [0.2, 0.25) is 0 Å². The molecule has 4 unspecified atom stereocenters. The number of carboxylic acid groups (broad SMARTS) is 1. The molecule has 0 saturated heterocycles. The van der Waals surface area contributed by atoms with E-state index in [1.165, 1.54) is 0 Å². The molecule has 0 aliphatic carbocycles. The second-order valence-corrected chi connectivity index (χ2v) is 7.73. The lowest BCUT2D eigenvalue weighted by Gasteiger charge is -2.23. The molecule has 2 rings (SSSR count). The summed E-state index contributed by atoms with van der Waals surface area (Å²) in [7, 11) is 0. The zero-order chi connectivity index (χ0) is 26.1. The summed E-state index contributed by atoms with van der Waals surface area (Å²) in [4.78, 5) is 63.4. The van der Waals surface area contributed by atoms with Crippen LogP contribution in [0.5, 0.6) is 0 Å². The Hall–Kier alpha value is -4.01. The number of para-hydroxylation sites is 1. The number of aliphatic carboxylic acids is 1. The summed E-state index contributed by atoms with van der Waals surface area (Å²) in [6, 6.07) is 1.23. The van der Waals surface area contributed by atoms with Crippen LogP contribution in [0.3, 0.4) is 0 Å². The number of rotatable bonds is 13. The fourth-order valence-electron chi connectivity index (χ4n) is 3.23. The summed E-state index contributed by atoms with van der Waals surface area (Å²) >= 11 is 0. The van der Waals surface area contributed by atoms with E-state index in [0.29, 0.717) is 5.56 Å². The number of nitrogens with one attached hydrogen (secondary N) is 4. The molecule has 35 heavy (non-hydrogen) atoms. The maximum absolute atomic E-state index is 12.8. The van der Waals surface area contributed by atoms with E-state index >= 15 is 0 Å². The van der Waals surface area contributed by atoms with E-state index in [9.17, 15) is 34.2 Å². The van der Waals surface area contributed by atoms with Crippen molar-refractivity contribution >= 4 is 40.5 Å². The van der Waals surface area contributed by atoms with Crippen molar-refractivity contribution < 1.29 is 39.3 Å². The number of carboxylic acids is 1. The van der Waals surface area contributed by atoms with Gasteiger partial charge in [0.15, 0.2) is 0 Å². The lowest BCUT2D eigenvalue weighted by Crippen LogP contribution is -2.59. The molecule has 1 aromatic carbocycles. The van der Waals surface area contributed by atoms with Gasteiger partial charge in [-0.15, -0.1) is 0 Å². The average Bonchev–Trinajstić information content (AvgIpc) is 3.23. The number of benzene rings is 1. The molecule has 1 aromatic heterocycles. The molecule has 4 atom stereocenters. The SMILES string of the molecule is NC(=O)CC(NC(=O)C(CO)NC(=O)C(N)CO)C(=O)NC(Cc1c[nH]c2ccccc12)C(=O)O. The highest BCUT2D eigenvalue weighted by Gasteiger charge is 2.31. The third kappa shape index (κ3) is 7.49. The van der Waals surface area contributed by atoms with E-state index in [-0.39, 0.29) is 6.42 Å². The summed E-state index contributed by atoms with van der Waals surface area (Å²) in [5, 5.41) is 35.3. The van der Waals surface area contributed by atoms with Crippen molar-refractivity contribution in [2.75, 3.05) is 13.2 Å². The highest BCUT2D eigenvalue weighted by Crippen LogP contribution is 2.19. The smallest absolute Gasteiger partial charge is 0.326 e. The number of aromatic nitrogens is 1. The van der Waals surface area contributed by atoms with Crippen LogP contribution in [0.4, 0.5) is 0 Å². The second-order valence-electron chi connectivity index (χ2n) is 7.73. The molecule has 190 valence electrons. The molecule has 0 aliphatic heterocycles. The molecule has 0 saturated carbocycles. The molecule has 0 aliphatic rings. The zero-order valence-corrected chi connectivity index (χ0v) is 18.6. The molecular weight excluding hydrogens is 464 g/mol. The van der Waals surface area contributed by atoms with Gasteiger partial charge in [0.25, 0.3) is 0 Å². The minimum absolute atomic E-state index is 0.101. The predicted octanol–water partition coefficient (Wildman–Crippen LogP) is -3.56. The molecule has 0 fully saturated rings. The van der Waals surface area contributed by atoms with Crippen molar-refractivity contribution in [3.8, 4) is 0 Å². The summed E-state index contributed by atoms with van der Waals surface area (Å²) in [6.07, 6.45) is 0.830. The summed E-state index contributed by atoms with van der Waals surface area (Å²) in [6.45, 7) is -1.61. The van der Waals surface area contributed by atoms with Gasteiger partial charge in [0, 0.05) is 23.5 Å². The fourth-order valence-corrected chi connectivity index (χ4v) is 3.23. The van der Waals surface area contributed by atoms with Gasteiger partial charge >= 0.3 is 5.97 Å². The van der Waals surface area contributed by atoms with Gasteiger partial charge in [-0.25, -0.2) is 4.79 Å². The number of amides is 4. The predicted molar refractivity (Wildman–Crippen MR) is 121 cm³/mol. The topological polar surface area (TPSA) is 250 Å². The van der Waals surface area contributed by atoms with Crippen LogP contribution in [0.1, 0.15) is 12.0 Å². The van der Waals surface area contributed by atoms with E-state index in [2.05, 4.69) is 20.9 Å². The normalized spacial score (nSPS) is 14.4. The van der Waals surface area contributed by atoms with Crippen LogP contribution in [0.25, 0.3) is 10.9 Å². The third-order valence-corrected chi connectivity index (χ3v) is 5.10. The highest BCUT2D eigenvalue weighted by molar-refractivity contribution is 5.96. The molecule has 11 N–H and O–H groups in total. The first-order valence-corrected chi connectivity index (χ1v) is 10.5. The first kappa shape index (κ1) is 27.2. The minimum atomic E-state index is -1.60. The molecular formula is C21H28N6O8. The Morgan fingerprint density at radius 1 is 0.886 bits per heavy atom. The maximum atomic E-state index is 12.8. The lowest BCUT2D eigenvalue weighted by molar-refractivity contribution is -0.142. The van der Waals surface area contributed by atoms with Crippen LogP contribution >= 0.6 is 0 Å². The van der Waals surface area contributed by atoms with Crippen molar-refractivity contribution in [2.24, 2.45) is 11.5 Å². The molecule has 0 bridgehead atoms. The van der Waals surface area contributed by atoms with Gasteiger partial charge in [0.2, 0.25) is 23.6 Å². The highest BCUT2D eigenvalue weighted by atomic mass is 16.4. The summed E-state index contributed by atoms with van der Waals surface area (Å²) in [5.41, 5.74) is 11.9. The van der Waals surface area contributed by atoms with E-state index < -0.39 is 73.4 Å². The quantitative estimate of drug-likeness (QED) is 0.134. The monoisotopic (exact) mass is 492 g/mol. The molecule has 0 radical (unpaired) electrons. The van der Waals surface area contributed by atoms with E-state index in [0.717, 1.165) is 10.9 Å². The first-order valence-electron chi connectivity index (χ1n) is 10.5. The minimum Gasteiger partial charge on any atom is -0.480 e. The van der Waals surface area contributed by atoms with Crippen LogP contribution in [-0.4, -0.2) is 87.3 Å². The number of hydrogen-bond donors (Lipinski definition) is 9. The summed E-state index contributed by atoms with van der Waals surface area (Å²) < 4.78 is 0. The number of primary amides is 1. The van der Waals surface area contributed by atoms with Crippen LogP contribution in [-0.2, 0) is 30.4 Å². The summed E-state index contributed by atoms with van der Waals surface area (Å²) in [5.74, 6) is -5.34. The van der Waals surface area contributed by atoms with Crippen LogP contribution < -0.4 is 27.4 Å². The zero-order valence-electron chi connectivity index (χ0n) is 18.6. The first-order chi connectivity index (χ1) is 16.6. The number of hydrogen-bond acceptors (Lipinski definition) is 8. The Morgan fingerprint density at radius 2 is 1.49 bits per heavy atom. The van der Waals surface area contributed by atoms with Gasteiger partial charge in [-0.05, 0) is 11.6 Å². The van der Waals surface area contributed by atoms with Gasteiger partial charge in [-0.1, -0.05) is 18.2 Å². The Bertz CT molecular complexity index is 1090.